The van der Waals surface area contributed by atoms with E-state index in [1.165, 1.54) is 11.8 Å². The highest BCUT2D eigenvalue weighted by Crippen LogP contribution is 2.16. The monoisotopic (exact) mass is 317 g/mol. The Kier molecular flexibility index (Phi) is 7.25. The second kappa shape index (κ2) is 8.71. The lowest BCUT2D eigenvalue weighted by atomic mass is 10.2. The van der Waals surface area contributed by atoms with Gasteiger partial charge in [-0.05, 0) is 36.6 Å². The summed E-state index contributed by atoms with van der Waals surface area (Å²) < 4.78 is 5.24. The van der Waals surface area contributed by atoms with Gasteiger partial charge in [-0.3, -0.25) is 4.79 Å². The molecule has 0 saturated heterocycles. The molecule has 0 saturated carbocycles. The van der Waals surface area contributed by atoms with E-state index in [2.05, 4.69) is 5.32 Å². The van der Waals surface area contributed by atoms with Crippen LogP contribution in [0.3, 0.4) is 0 Å². The van der Waals surface area contributed by atoms with Gasteiger partial charge in [-0.25, -0.2) is 4.79 Å². The summed E-state index contributed by atoms with van der Waals surface area (Å²) in [6, 6.07) is 5.75. The number of carbonyl (C=O) groups is 2. The van der Waals surface area contributed by atoms with E-state index in [0.717, 1.165) is 0 Å². The number of carbonyl (C=O) groups excluding carboxylic acids is 1. The average molecular weight is 318 g/mol. The first-order valence-corrected chi connectivity index (χ1v) is 7.69. The minimum Gasteiger partial charge on any atom is -0.484 e. The van der Waals surface area contributed by atoms with E-state index in [9.17, 15) is 9.59 Å². The van der Waals surface area contributed by atoms with Crippen LogP contribution in [-0.2, 0) is 9.59 Å². The van der Waals surface area contributed by atoms with E-state index >= 15 is 0 Å². The number of hydrogen-bond acceptors (Lipinski definition) is 4. The van der Waals surface area contributed by atoms with Crippen molar-refractivity contribution in [3.63, 3.8) is 0 Å². The van der Waals surface area contributed by atoms with Crippen LogP contribution >= 0.6 is 23.4 Å². The molecule has 0 aliphatic rings. The van der Waals surface area contributed by atoms with E-state index in [0.29, 0.717) is 22.9 Å². The Morgan fingerprint density at radius 1 is 1.50 bits per heavy atom. The zero-order valence-electron chi connectivity index (χ0n) is 11.0. The van der Waals surface area contributed by atoms with Crippen molar-refractivity contribution >= 4 is 35.2 Å². The molecule has 110 valence electrons. The molecule has 1 aromatic rings. The summed E-state index contributed by atoms with van der Waals surface area (Å²) in [6.45, 7) is -0.247. The molecule has 0 aromatic heterocycles. The second-order valence-electron chi connectivity index (χ2n) is 3.99. The van der Waals surface area contributed by atoms with Crippen LogP contribution in [0.4, 0.5) is 0 Å². The summed E-state index contributed by atoms with van der Waals surface area (Å²) in [5.74, 6) is -0.399. The molecule has 1 rings (SSSR count). The van der Waals surface area contributed by atoms with Crippen LogP contribution in [0.2, 0.25) is 5.02 Å². The summed E-state index contributed by atoms with van der Waals surface area (Å²) in [4.78, 5) is 22.6. The molecule has 20 heavy (non-hydrogen) atoms. The lowest BCUT2D eigenvalue weighted by molar-refractivity contribution is -0.142. The van der Waals surface area contributed by atoms with Crippen molar-refractivity contribution in [2.75, 3.05) is 18.6 Å². The third-order valence-corrected chi connectivity index (χ3v) is 3.29. The van der Waals surface area contributed by atoms with Gasteiger partial charge in [0.15, 0.2) is 6.61 Å². The van der Waals surface area contributed by atoms with Crippen molar-refractivity contribution in [1.29, 1.82) is 0 Å². The number of carboxylic acid groups (broad SMARTS) is 1. The predicted molar refractivity (Wildman–Crippen MR) is 79.5 cm³/mol. The number of halogens is 1. The molecule has 0 aliphatic heterocycles. The van der Waals surface area contributed by atoms with Gasteiger partial charge in [0.2, 0.25) is 0 Å². The number of carboxylic acids is 1. The minimum atomic E-state index is -1.05. The van der Waals surface area contributed by atoms with Crippen molar-refractivity contribution < 1.29 is 19.4 Å². The number of rotatable bonds is 8. The van der Waals surface area contributed by atoms with Crippen molar-refractivity contribution in [3.05, 3.63) is 29.3 Å². The van der Waals surface area contributed by atoms with Gasteiger partial charge in [-0.2, -0.15) is 11.8 Å². The fourth-order valence-electron chi connectivity index (χ4n) is 1.43. The van der Waals surface area contributed by atoms with Crippen LogP contribution in [-0.4, -0.2) is 41.6 Å². The van der Waals surface area contributed by atoms with Crippen molar-refractivity contribution in [2.45, 2.75) is 12.5 Å². The predicted octanol–water partition coefficient (Wildman–Crippen LogP) is 2.04. The molecule has 1 atom stereocenters. The molecule has 1 aromatic carbocycles. The second-order valence-corrected chi connectivity index (χ2v) is 5.41. The van der Waals surface area contributed by atoms with Crippen molar-refractivity contribution in [3.8, 4) is 5.75 Å². The Labute approximate surface area is 126 Å². The number of amides is 1. The molecule has 0 unspecified atom stereocenters. The number of ether oxygens (including phenoxy) is 1. The van der Waals surface area contributed by atoms with Gasteiger partial charge >= 0.3 is 5.97 Å². The molecule has 7 heteroatoms. The number of nitrogens with one attached hydrogen (secondary N) is 1. The highest BCUT2D eigenvalue weighted by molar-refractivity contribution is 7.98. The van der Waals surface area contributed by atoms with Gasteiger partial charge in [0.1, 0.15) is 11.8 Å². The molecule has 0 bridgehead atoms. The van der Waals surface area contributed by atoms with E-state index in [-0.39, 0.29) is 6.61 Å². The maximum atomic E-state index is 11.6. The normalized spacial score (nSPS) is 11.7. The largest absolute Gasteiger partial charge is 0.484 e. The third kappa shape index (κ3) is 6.16. The standard InChI is InChI=1S/C13H16ClNO4S/c1-20-6-5-11(13(17)18)15-12(16)8-19-10-4-2-3-9(14)7-10/h2-4,7,11H,5-6,8H2,1H3,(H,15,16)(H,17,18)/t11-/m0/s1. The van der Waals surface area contributed by atoms with E-state index in [1.54, 1.807) is 24.3 Å². The third-order valence-electron chi connectivity index (χ3n) is 2.41. The first-order chi connectivity index (χ1) is 9.52. The van der Waals surface area contributed by atoms with Crippen LogP contribution in [0, 0.1) is 0 Å². The average Bonchev–Trinajstić information content (AvgIpc) is 2.41. The smallest absolute Gasteiger partial charge is 0.326 e. The molecule has 0 radical (unpaired) electrons. The number of aliphatic carboxylic acids is 1. The zero-order chi connectivity index (χ0) is 15.0. The number of benzene rings is 1. The molecular formula is C13H16ClNO4S. The SMILES string of the molecule is CSCC[C@H](NC(=O)COc1cccc(Cl)c1)C(=O)O. The highest BCUT2D eigenvalue weighted by atomic mass is 35.5. The van der Waals surface area contributed by atoms with Crippen LogP contribution in [0.15, 0.2) is 24.3 Å². The van der Waals surface area contributed by atoms with E-state index < -0.39 is 17.9 Å². The van der Waals surface area contributed by atoms with Gasteiger partial charge in [-0.1, -0.05) is 17.7 Å². The molecule has 0 spiro atoms. The van der Waals surface area contributed by atoms with E-state index in [1.807, 2.05) is 6.26 Å². The molecule has 5 nitrogen and oxygen atoms in total. The maximum Gasteiger partial charge on any atom is 0.326 e. The van der Waals surface area contributed by atoms with Gasteiger partial charge in [0, 0.05) is 5.02 Å². The van der Waals surface area contributed by atoms with Crippen LogP contribution < -0.4 is 10.1 Å². The summed E-state index contributed by atoms with van der Waals surface area (Å²) in [6.07, 6.45) is 2.25. The Balaban J connectivity index is 2.43. The molecule has 2 N–H and O–H groups in total. The first kappa shape index (κ1) is 16.7. The quantitative estimate of drug-likeness (QED) is 0.767. The lowest BCUT2D eigenvalue weighted by Gasteiger charge is -2.14. The zero-order valence-corrected chi connectivity index (χ0v) is 12.5. The number of thioether (sulfide) groups is 1. The molecule has 0 aliphatic carbocycles. The topological polar surface area (TPSA) is 75.6 Å². The Morgan fingerprint density at radius 2 is 2.25 bits per heavy atom. The lowest BCUT2D eigenvalue weighted by Crippen LogP contribution is -2.43. The van der Waals surface area contributed by atoms with Crippen LogP contribution in [0.5, 0.6) is 5.75 Å². The fraction of sp³-hybridized carbons (Fsp3) is 0.385. The van der Waals surface area contributed by atoms with Gasteiger partial charge < -0.3 is 15.2 Å². The highest BCUT2D eigenvalue weighted by Gasteiger charge is 2.19. The van der Waals surface area contributed by atoms with Crippen LogP contribution in [0.1, 0.15) is 6.42 Å². The summed E-state index contributed by atoms with van der Waals surface area (Å²) in [7, 11) is 0. The summed E-state index contributed by atoms with van der Waals surface area (Å²) in [5.41, 5.74) is 0. The first-order valence-electron chi connectivity index (χ1n) is 5.92. The number of hydrogen-bond donors (Lipinski definition) is 2. The molecule has 0 fully saturated rings. The molecular weight excluding hydrogens is 302 g/mol. The fourth-order valence-corrected chi connectivity index (χ4v) is 2.09. The Bertz CT molecular complexity index is 469. The Hall–Kier alpha value is -1.40. The minimum absolute atomic E-state index is 0.247. The van der Waals surface area contributed by atoms with Crippen molar-refractivity contribution in [1.82, 2.24) is 5.32 Å². The van der Waals surface area contributed by atoms with Gasteiger partial charge in [-0.15, -0.1) is 0 Å². The van der Waals surface area contributed by atoms with Crippen LogP contribution in [0.25, 0.3) is 0 Å². The van der Waals surface area contributed by atoms with Gasteiger partial charge in [0.05, 0.1) is 0 Å². The Morgan fingerprint density at radius 3 is 2.85 bits per heavy atom. The summed E-state index contributed by atoms with van der Waals surface area (Å²) >= 11 is 7.31. The maximum absolute atomic E-state index is 11.6. The summed E-state index contributed by atoms with van der Waals surface area (Å²) in [5, 5.41) is 11.9. The molecule has 1 amide bonds. The van der Waals surface area contributed by atoms with Crippen molar-refractivity contribution in [2.24, 2.45) is 0 Å². The van der Waals surface area contributed by atoms with E-state index in [4.69, 9.17) is 21.4 Å². The van der Waals surface area contributed by atoms with Gasteiger partial charge in [0.25, 0.3) is 5.91 Å². The molecule has 0 heterocycles.